The lowest BCUT2D eigenvalue weighted by Crippen LogP contribution is -2.70. The number of hydrogen-bond acceptors (Lipinski definition) is 4. The topological polar surface area (TPSA) is 36.9 Å². The van der Waals surface area contributed by atoms with Gasteiger partial charge in [0, 0.05) is 5.41 Å². The molecule has 4 nitrogen and oxygen atoms in total. The molecule has 0 bridgehead atoms. The second kappa shape index (κ2) is 8.46. The van der Waals surface area contributed by atoms with Crippen LogP contribution in [-0.4, -0.2) is 31.6 Å². The van der Waals surface area contributed by atoms with Gasteiger partial charge in [-0.15, -0.1) is 0 Å². The fourth-order valence-electron chi connectivity index (χ4n) is 12.3. The zero-order valence-electron chi connectivity index (χ0n) is 26.0. The van der Waals surface area contributed by atoms with Crippen molar-refractivity contribution in [2.45, 2.75) is 104 Å². The van der Waals surface area contributed by atoms with E-state index < -0.39 is 11.4 Å². The summed E-state index contributed by atoms with van der Waals surface area (Å²) in [7, 11) is 0. The number of benzene rings is 1. The van der Waals surface area contributed by atoms with Crippen molar-refractivity contribution in [3.8, 4) is 0 Å². The molecule has 0 radical (unpaired) electrons. The summed E-state index contributed by atoms with van der Waals surface area (Å²) in [5.74, 6) is 0.440. The van der Waals surface area contributed by atoms with Gasteiger partial charge in [-0.2, -0.15) is 0 Å². The van der Waals surface area contributed by atoms with Crippen molar-refractivity contribution < 1.29 is 18.9 Å². The molecule has 2 saturated heterocycles. The van der Waals surface area contributed by atoms with Crippen LogP contribution in [0.25, 0.3) is 0 Å². The molecule has 7 aliphatic rings. The molecule has 1 aromatic rings. The molecular weight excluding hydrogens is 508 g/mol. The van der Waals surface area contributed by atoms with Crippen LogP contribution >= 0.6 is 0 Å². The van der Waals surface area contributed by atoms with E-state index in [0.717, 1.165) is 32.1 Å². The maximum absolute atomic E-state index is 6.75. The molecule has 3 saturated carbocycles. The smallest absolute Gasteiger partial charge is 0.226 e. The molecule has 0 aromatic heterocycles. The molecule has 41 heavy (non-hydrogen) atoms. The van der Waals surface area contributed by atoms with Crippen LogP contribution in [0.3, 0.4) is 0 Å². The first-order valence-corrected chi connectivity index (χ1v) is 16.2. The van der Waals surface area contributed by atoms with Crippen LogP contribution in [0.2, 0.25) is 0 Å². The van der Waals surface area contributed by atoms with E-state index in [4.69, 9.17) is 18.9 Å². The van der Waals surface area contributed by atoms with Crippen LogP contribution in [0.1, 0.15) is 90.7 Å². The first-order chi connectivity index (χ1) is 19.5. The van der Waals surface area contributed by atoms with Crippen molar-refractivity contribution in [3.63, 3.8) is 0 Å². The minimum absolute atomic E-state index is 0.0555. The Labute approximate surface area is 246 Å². The number of fused-ring (bicyclic) bond motifs is 7. The normalized spacial score (nSPS) is 48.2. The molecule has 0 N–H and O–H groups in total. The molecule has 5 fully saturated rings. The van der Waals surface area contributed by atoms with Crippen LogP contribution in [0, 0.1) is 40.4 Å². The van der Waals surface area contributed by atoms with E-state index in [9.17, 15) is 0 Å². The van der Waals surface area contributed by atoms with E-state index in [-0.39, 0.29) is 21.7 Å². The molecular formula is C37H48O4. The molecule has 1 unspecified atom stereocenters. The largest absolute Gasteiger partial charge is 0.350 e. The van der Waals surface area contributed by atoms with Gasteiger partial charge in [-0.1, -0.05) is 87.7 Å². The second-order valence-electron chi connectivity index (χ2n) is 15.8. The van der Waals surface area contributed by atoms with Crippen molar-refractivity contribution in [2.75, 3.05) is 20.2 Å². The predicted molar refractivity (Wildman–Crippen MR) is 160 cm³/mol. The number of allylic oxidation sites excluding steroid dienone is 6. The van der Waals surface area contributed by atoms with Gasteiger partial charge in [0.15, 0.2) is 13.6 Å². The third-order valence-corrected chi connectivity index (χ3v) is 14.2. The van der Waals surface area contributed by atoms with E-state index in [1.165, 1.54) is 30.4 Å². The van der Waals surface area contributed by atoms with Gasteiger partial charge in [0.25, 0.3) is 0 Å². The average molecular weight is 557 g/mol. The first-order valence-electron chi connectivity index (χ1n) is 16.2. The highest BCUT2D eigenvalue weighted by Gasteiger charge is 2.82. The highest BCUT2D eigenvalue weighted by atomic mass is 16.9. The third-order valence-electron chi connectivity index (χ3n) is 14.2. The fourth-order valence-corrected chi connectivity index (χ4v) is 12.3. The Balaban J connectivity index is 1.14. The van der Waals surface area contributed by atoms with Gasteiger partial charge in [-0.3, -0.25) is 0 Å². The molecule has 2 spiro atoms. The Bertz CT molecular complexity index is 1370. The maximum atomic E-state index is 6.75. The molecule has 0 amide bonds. The van der Waals surface area contributed by atoms with Crippen molar-refractivity contribution in [3.05, 3.63) is 69.8 Å². The van der Waals surface area contributed by atoms with Gasteiger partial charge in [0.05, 0.1) is 0 Å². The van der Waals surface area contributed by atoms with Crippen molar-refractivity contribution in [2.24, 2.45) is 33.5 Å². The summed E-state index contributed by atoms with van der Waals surface area (Å²) in [5, 5.41) is 0. The van der Waals surface area contributed by atoms with Gasteiger partial charge in [0.2, 0.25) is 5.79 Å². The average Bonchev–Trinajstić information content (AvgIpc) is 3.69. The lowest BCUT2D eigenvalue weighted by atomic mass is 9.33. The Kier molecular flexibility index (Phi) is 5.55. The Hall–Kier alpha value is -1.72. The molecule has 2 aliphatic heterocycles. The third kappa shape index (κ3) is 3.16. The first kappa shape index (κ1) is 26.9. The van der Waals surface area contributed by atoms with Gasteiger partial charge < -0.3 is 18.9 Å². The Morgan fingerprint density at radius 3 is 2.39 bits per heavy atom. The zero-order chi connectivity index (χ0) is 28.5. The van der Waals surface area contributed by atoms with Crippen LogP contribution in [0.5, 0.6) is 0 Å². The SMILES string of the molecule is Cc1ccc(CC2=CC3=C(C=C4CC[C@]5(C)[C@H]([C@@H](C)C[C@@]6(C)[C@@]5(C)CC[C@@]65OCOC56COCO6)[C@@]4(C)C3)C2)cc1. The van der Waals surface area contributed by atoms with Gasteiger partial charge in [-0.05, 0) is 103 Å². The Morgan fingerprint density at radius 1 is 0.854 bits per heavy atom. The van der Waals surface area contributed by atoms with Crippen molar-refractivity contribution in [1.82, 2.24) is 0 Å². The van der Waals surface area contributed by atoms with Crippen LogP contribution in [-0.2, 0) is 25.4 Å². The van der Waals surface area contributed by atoms with Crippen molar-refractivity contribution in [1.29, 1.82) is 0 Å². The van der Waals surface area contributed by atoms with Gasteiger partial charge in [-0.25, -0.2) is 0 Å². The molecule has 220 valence electrons. The quantitative estimate of drug-likeness (QED) is 0.368. The lowest BCUT2D eigenvalue weighted by molar-refractivity contribution is -0.281. The second-order valence-corrected chi connectivity index (χ2v) is 15.8. The van der Waals surface area contributed by atoms with E-state index >= 15 is 0 Å². The number of aryl methyl sites for hydroxylation is 1. The molecule has 8 rings (SSSR count). The monoisotopic (exact) mass is 556 g/mol. The van der Waals surface area contributed by atoms with Gasteiger partial charge in [0.1, 0.15) is 12.2 Å². The zero-order valence-corrected chi connectivity index (χ0v) is 26.0. The van der Waals surface area contributed by atoms with Crippen LogP contribution in [0.15, 0.2) is 58.7 Å². The van der Waals surface area contributed by atoms with Gasteiger partial charge >= 0.3 is 0 Å². The molecule has 1 aromatic carbocycles. The summed E-state index contributed by atoms with van der Waals surface area (Å²) in [6.45, 7) is 16.3. The fraction of sp³-hybridized carbons (Fsp3) is 0.676. The van der Waals surface area contributed by atoms with E-state index in [1.807, 2.05) is 0 Å². The molecule has 8 atom stereocenters. The Morgan fingerprint density at radius 2 is 1.63 bits per heavy atom. The minimum atomic E-state index is -0.765. The van der Waals surface area contributed by atoms with E-state index in [1.54, 1.807) is 22.3 Å². The number of hydrogen-bond donors (Lipinski definition) is 0. The molecule has 4 heteroatoms. The molecule has 2 heterocycles. The summed E-state index contributed by atoms with van der Waals surface area (Å²) < 4.78 is 25.2. The number of ether oxygens (including phenoxy) is 4. The maximum Gasteiger partial charge on any atom is 0.226 e. The summed E-state index contributed by atoms with van der Waals surface area (Å²) in [5.41, 5.74) is 9.28. The molecule has 5 aliphatic carbocycles. The van der Waals surface area contributed by atoms with Crippen LogP contribution < -0.4 is 0 Å². The lowest BCUT2D eigenvalue weighted by Gasteiger charge is -2.71. The van der Waals surface area contributed by atoms with Crippen LogP contribution in [0.4, 0.5) is 0 Å². The van der Waals surface area contributed by atoms with E-state index in [2.05, 4.69) is 78.0 Å². The standard InChI is InChI=1S/C37H48O4/c1-24-7-9-26(10-8-24)15-27-16-28-18-30-11-12-33(4)31(32(30,3)20-29(28)17-27)25(2)19-35(6)34(33,5)13-14-36(35)37(41-23-39-36)21-38-22-40-37/h7-10,17-18,25,31H,11-16,19-23H2,1-6H3/t25-,31+,32-,33+,34-,35-,36+,37?/m0/s1. The summed E-state index contributed by atoms with van der Waals surface area (Å²) in [6, 6.07) is 9.11. The predicted octanol–water partition coefficient (Wildman–Crippen LogP) is 8.21. The summed E-state index contributed by atoms with van der Waals surface area (Å²) >= 11 is 0. The van der Waals surface area contributed by atoms with E-state index in [0.29, 0.717) is 32.0 Å². The summed E-state index contributed by atoms with van der Waals surface area (Å²) in [6.07, 6.45) is 14.4. The summed E-state index contributed by atoms with van der Waals surface area (Å²) in [4.78, 5) is 0. The van der Waals surface area contributed by atoms with Crippen molar-refractivity contribution >= 4 is 0 Å². The highest BCUT2D eigenvalue weighted by Crippen LogP contribution is 2.81. The highest BCUT2D eigenvalue weighted by molar-refractivity contribution is 5.52. The number of rotatable bonds is 2. The minimum Gasteiger partial charge on any atom is -0.350 e.